The number of nitrogens with zero attached hydrogens (tertiary/aromatic N) is 1. The number of rotatable bonds is 3. The fourth-order valence-electron chi connectivity index (χ4n) is 4.57. The number of hydrogen-bond acceptors (Lipinski definition) is 2. The summed E-state index contributed by atoms with van der Waals surface area (Å²) in [6.07, 6.45) is 4.15. The van der Waals surface area contributed by atoms with Gasteiger partial charge in [-0.15, -0.1) is 0 Å². The molecule has 3 heteroatoms. The third-order valence-corrected chi connectivity index (χ3v) is 6.60. The quantitative estimate of drug-likeness (QED) is 0.876. The lowest BCUT2D eigenvalue weighted by Gasteiger charge is -2.39. The molecule has 2 aliphatic rings. The zero-order valence-corrected chi connectivity index (χ0v) is 12.9. The summed E-state index contributed by atoms with van der Waals surface area (Å²) in [5.74, 6) is 0.904. The Labute approximate surface area is 116 Å². The van der Waals surface area contributed by atoms with Crippen LogP contribution >= 0.6 is 0 Å². The van der Waals surface area contributed by atoms with Crippen molar-refractivity contribution in [2.75, 3.05) is 0 Å². The third kappa shape index (κ3) is 1.70. The van der Waals surface area contributed by atoms with Gasteiger partial charge < -0.3 is 5.32 Å². The first-order chi connectivity index (χ1) is 8.86. The van der Waals surface area contributed by atoms with Crippen molar-refractivity contribution in [2.45, 2.75) is 66.5 Å². The maximum Gasteiger partial charge on any atom is 0.0638 e. The highest BCUT2D eigenvalue weighted by Crippen LogP contribution is 2.65. The molecule has 0 aliphatic heterocycles. The summed E-state index contributed by atoms with van der Waals surface area (Å²) in [7, 11) is 0. The summed E-state index contributed by atoms with van der Waals surface area (Å²) in [6.45, 7) is 12.6. The predicted octanol–water partition coefficient (Wildman–Crippen LogP) is 3.33. The van der Waals surface area contributed by atoms with Gasteiger partial charge in [0.1, 0.15) is 0 Å². The van der Waals surface area contributed by atoms with E-state index in [9.17, 15) is 0 Å². The maximum absolute atomic E-state index is 4.29. The Morgan fingerprint density at radius 1 is 1.32 bits per heavy atom. The predicted molar refractivity (Wildman–Crippen MR) is 77.9 cm³/mol. The van der Waals surface area contributed by atoms with Gasteiger partial charge in [0.15, 0.2) is 0 Å². The number of H-pyrrole nitrogens is 1. The SMILES string of the molecule is Cc1n[nH]c(C)c1CNC1CC2CCC1(C)C2(C)C. The maximum atomic E-state index is 4.29. The standard InChI is InChI=1S/C16H27N3/c1-10-13(11(2)19-18-10)9-17-14-8-12-6-7-16(14,5)15(12,3)4/h12,14,17H,6-9H2,1-5H3,(H,18,19). The molecule has 19 heavy (non-hydrogen) atoms. The largest absolute Gasteiger partial charge is 0.309 e. The summed E-state index contributed by atoms with van der Waals surface area (Å²) in [4.78, 5) is 0. The highest BCUT2D eigenvalue weighted by atomic mass is 15.1. The topological polar surface area (TPSA) is 40.7 Å². The van der Waals surface area contributed by atoms with Crippen LogP contribution in [0, 0.1) is 30.6 Å². The number of aromatic amines is 1. The van der Waals surface area contributed by atoms with E-state index in [4.69, 9.17) is 0 Å². The Bertz CT molecular complexity index is 469. The Balaban J connectivity index is 1.73. The zero-order chi connectivity index (χ0) is 13.8. The number of fused-ring (bicyclic) bond motifs is 2. The van der Waals surface area contributed by atoms with Gasteiger partial charge in [-0.1, -0.05) is 20.8 Å². The minimum Gasteiger partial charge on any atom is -0.309 e. The first-order valence-corrected chi connectivity index (χ1v) is 7.60. The van der Waals surface area contributed by atoms with E-state index in [2.05, 4.69) is 50.1 Å². The van der Waals surface area contributed by atoms with Gasteiger partial charge in [-0.3, -0.25) is 5.10 Å². The van der Waals surface area contributed by atoms with E-state index in [1.807, 2.05) is 0 Å². The molecule has 2 bridgehead atoms. The smallest absolute Gasteiger partial charge is 0.0638 e. The van der Waals surface area contributed by atoms with Crippen LogP contribution < -0.4 is 5.32 Å². The molecule has 2 aliphatic carbocycles. The molecular weight excluding hydrogens is 234 g/mol. The molecule has 3 nitrogen and oxygen atoms in total. The van der Waals surface area contributed by atoms with Gasteiger partial charge in [0.2, 0.25) is 0 Å². The zero-order valence-electron chi connectivity index (χ0n) is 12.9. The van der Waals surface area contributed by atoms with Crippen molar-refractivity contribution in [1.29, 1.82) is 0 Å². The molecule has 0 amide bonds. The van der Waals surface area contributed by atoms with Crippen LogP contribution in [0.2, 0.25) is 0 Å². The van der Waals surface area contributed by atoms with E-state index < -0.39 is 0 Å². The van der Waals surface area contributed by atoms with Gasteiger partial charge in [-0.25, -0.2) is 0 Å². The molecule has 1 aromatic heterocycles. The van der Waals surface area contributed by atoms with E-state index in [0.717, 1.165) is 18.2 Å². The molecule has 0 spiro atoms. The molecule has 2 saturated carbocycles. The average molecular weight is 261 g/mol. The Hall–Kier alpha value is -0.830. The molecule has 0 aromatic carbocycles. The molecule has 3 unspecified atom stereocenters. The van der Waals surface area contributed by atoms with Crippen LogP contribution in [0.4, 0.5) is 0 Å². The number of nitrogens with one attached hydrogen (secondary N) is 2. The van der Waals surface area contributed by atoms with Crippen LogP contribution in [-0.4, -0.2) is 16.2 Å². The first-order valence-electron chi connectivity index (χ1n) is 7.60. The molecular formula is C16H27N3. The third-order valence-electron chi connectivity index (χ3n) is 6.60. The number of aryl methyl sites for hydroxylation is 2. The van der Waals surface area contributed by atoms with Crippen molar-refractivity contribution in [2.24, 2.45) is 16.7 Å². The van der Waals surface area contributed by atoms with Gasteiger partial charge >= 0.3 is 0 Å². The monoisotopic (exact) mass is 261 g/mol. The molecule has 106 valence electrons. The molecule has 3 atom stereocenters. The second-order valence-electron chi connectivity index (χ2n) is 7.46. The van der Waals surface area contributed by atoms with Crippen LogP contribution in [0.5, 0.6) is 0 Å². The van der Waals surface area contributed by atoms with E-state index in [1.165, 1.54) is 30.5 Å². The van der Waals surface area contributed by atoms with E-state index in [1.54, 1.807) is 0 Å². The van der Waals surface area contributed by atoms with Gasteiger partial charge in [-0.05, 0) is 49.9 Å². The van der Waals surface area contributed by atoms with E-state index in [-0.39, 0.29) is 0 Å². The van der Waals surface area contributed by atoms with Gasteiger partial charge in [0.05, 0.1) is 5.69 Å². The lowest BCUT2D eigenvalue weighted by molar-refractivity contribution is 0.120. The van der Waals surface area contributed by atoms with Crippen LogP contribution in [-0.2, 0) is 6.54 Å². The average Bonchev–Trinajstić information content (AvgIpc) is 2.84. The van der Waals surface area contributed by atoms with Crippen molar-refractivity contribution in [3.63, 3.8) is 0 Å². The Kier molecular flexibility index (Phi) is 2.83. The minimum atomic E-state index is 0.462. The molecule has 1 heterocycles. The molecule has 2 fully saturated rings. The fraction of sp³-hybridized carbons (Fsp3) is 0.812. The fourth-order valence-corrected chi connectivity index (χ4v) is 4.57. The highest BCUT2D eigenvalue weighted by Gasteiger charge is 2.60. The second-order valence-corrected chi connectivity index (χ2v) is 7.46. The summed E-state index contributed by atoms with van der Waals surface area (Å²) in [6, 6.07) is 0.662. The summed E-state index contributed by atoms with van der Waals surface area (Å²) in [5, 5.41) is 11.2. The summed E-state index contributed by atoms with van der Waals surface area (Å²) < 4.78 is 0. The van der Waals surface area contributed by atoms with Crippen LogP contribution in [0.1, 0.15) is 57.0 Å². The van der Waals surface area contributed by atoms with Crippen LogP contribution in [0.25, 0.3) is 0 Å². The van der Waals surface area contributed by atoms with Crippen molar-refractivity contribution >= 4 is 0 Å². The highest BCUT2D eigenvalue weighted by molar-refractivity contribution is 5.23. The lowest BCUT2D eigenvalue weighted by Crippen LogP contribution is -2.44. The van der Waals surface area contributed by atoms with Crippen molar-refractivity contribution in [3.05, 3.63) is 17.0 Å². The van der Waals surface area contributed by atoms with Gasteiger partial charge in [-0.2, -0.15) is 5.10 Å². The van der Waals surface area contributed by atoms with Gasteiger partial charge in [0, 0.05) is 23.8 Å². The van der Waals surface area contributed by atoms with Crippen molar-refractivity contribution in [3.8, 4) is 0 Å². The Morgan fingerprint density at radius 2 is 2.05 bits per heavy atom. The Morgan fingerprint density at radius 3 is 2.53 bits per heavy atom. The number of hydrogen-bond donors (Lipinski definition) is 2. The van der Waals surface area contributed by atoms with Crippen molar-refractivity contribution in [1.82, 2.24) is 15.5 Å². The van der Waals surface area contributed by atoms with E-state index >= 15 is 0 Å². The minimum absolute atomic E-state index is 0.462. The van der Waals surface area contributed by atoms with Crippen LogP contribution in [0.15, 0.2) is 0 Å². The van der Waals surface area contributed by atoms with E-state index in [0.29, 0.717) is 16.9 Å². The summed E-state index contributed by atoms with van der Waals surface area (Å²) in [5.41, 5.74) is 4.65. The van der Waals surface area contributed by atoms with Gasteiger partial charge in [0.25, 0.3) is 0 Å². The molecule has 0 saturated heterocycles. The normalized spacial score (nSPS) is 36.1. The molecule has 3 rings (SSSR count). The second kappa shape index (κ2) is 4.08. The molecule has 2 N–H and O–H groups in total. The molecule has 0 radical (unpaired) electrons. The summed E-state index contributed by atoms with van der Waals surface area (Å²) >= 11 is 0. The number of aromatic nitrogens is 2. The first kappa shape index (κ1) is 13.2. The lowest BCUT2D eigenvalue weighted by atomic mass is 9.69. The molecule has 1 aromatic rings. The van der Waals surface area contributed by atoms with Crippen molar-refractivity contribution < 1.29 is 0 Å². The van der Waals surface area contributed by atoms with Crippen LogP contribution in [0.3, 0.4) is 0 Å².